The van der Waals surface area contributed by atoms with Crippen LogP contribution in [0.5, 0.6) is 0 Å². The Morgan fingerprint density at radius 3 is 2.79 bits per heavy atom. The molecule has 74 valence electrons. The van der Waals surface area contributed by atoms with Gasteiger partial charge in [-0.25, -0.2) is 0 Å². The van der Waals surface area contributed by atoms with Gasteiger partial charge in [-0.05, 0) is 30.0 Å². The molecule has 1 atom stereocenters. The van der Waals surface area contributed by atoms with Gasteiger partial charge in [0.2, 0.25) is 0 Å². The summed E-state index contributed by atoms with van der Waals surface area (Å²) < 4.78 is 5.53. The lowest BCUT2D eigenvalue weighted by Crippen LogP contribution is -2.00. The van der Waals surface area contributed by atoms with Gasteiger partial charge in [0, 0.05) is 7.11 Å². The van der Waals surface area contributed by atoms with E-state index in [1.54, 1.807) is 7.11 Å². The van der Waals surface area contributed by atoms with Crippen LogP contribution in [0.15, 0.2) is 23.8 Å². The third-order valence-corrected chi connectivity index (χ3v) is 2.85. The normalized spacial score (nSPS) is 19.4. The molecule has 1 aliphatic carbocycles. The Hall–Kier alpha value is -1.08. The first-order valence-electron chi connectivity index (χ1n) is 5.10. The van der Waals surface area contributed by atoms with E-state index in [1.165, 1.54) is 22.3 Å². The van der Waals surface area contributed by atoms with Gasteiger partial charge in [0.25, 0.3) is 0 Å². The first-order chi connectivity index (χ1) is 6.76. The van der Waals surface area contributed by atoms with Crippen LogP contribution in [0.1, 0.15) is 36.1 Å². The lowest BCUT2D eigenvalue weighted by molar-refractivity contribution is 0.134. The topological polar surface area (TPSA) is 9.23 Å². The summed E-state index contributed by atoms with van der Waals surface area (Å²) >= 11 is 0. The number of methoxy groups -OCH3 is 1. The van der Waals surface area contributed by atoms with Gasteiger partial charge in [0.05, 0.1) is 0 Å². The second-order valence-corrected chi connectivity index (χ2v) is 3.82. The molecule has 14 heavy (non-hydrogen) atoms. The highest BCUT2D eigenvalue weighted by atomic mass is 16.5. The van der Waals surface area contributed by atoms with Crippen LogP contribution < -0.4 is 0 Å². The van der Waals surface area contributed by atoms with Crippen molar-refractivity contribution in [2.45, 2.75) is 26.4 Å². The molecule has 0 amide bonds. The molecule has 2 rings (SSSR count). The Kier molecular flexibility index (Phi) is 2.42. The molecule has 0 heterocycles. The lowest BCUT2D eigenvalue weighted by atomic mass is 10.0. The van der Waals surface area contributed by atoms with Crippen LogP contribution in [0, 0.1) is 6.92 Å². The first kappa shape index (κ1) is 9.47. The molecule has 0 saturated carbocycles. The maximum atomic E-state index is 5.53. The third-order valence-electron chi connectivity index (χ3n) is 2.85. The van der Waals surface area contributed by atoms with E-state index in [4.69, 9.17) is 4.74 Å². The van der Waals surface area contributed by atoms with E-state index < -0.39 is 0 Å². The quantitative estimate of drug-likeness (QED) is 0.690. The van der Waals surface area contributed by atoms with E-state index in [0.717, 1.165) is 6.42 Å². The maximum Gasteiger partial charge on any atom is 0.104 e. The minimum atomic E-state index is 0.190. The van der Waals surface area contributed by atoms with Crippen LogP contribution in [-0.2, 0) is 4.74 Å². The van der Waals surface area contributed by atoms with Crippen molar-refractivity contribution in [1.29, 1.82) is 0 Å². The van der Waals surface area contributed by atoms with Gasteiger partial charge in [0.1, 0.15) is 6.10 Å². The monoisotopic (exact) mass is 188 g/mol. The van der Waals surface area contributed by atoms with Crippen LogP contribution in [0.2, 0.25) is 0 Å². The second kappa shape index (κ2) is 3.58. The Balaban J connectivity index is 2.46. The summed E-state index contributed by atoms with van der Waals surface area (Å²) in [4.78, 5) is 0. The molecule has 0 aromatic heterocycles. The number of rotatable bonds is 2. The van der Waals surface area contributed by atoms with Crippen LogP contribution in [0.4, 0.5) is 0 Å². The Labute approximate surface area is 85.4 Å². The van der Waals surface area contributed by atoms with Crippen molar-refractivity contribution in [3.63, 3.8) is 0 Å². The molecule has 0 aliphatic heterocycles. The summed E-state index contributed by atoms with van der Waals surface area (Å²) in [6.07, 6.45) is 3.50. The summed E-state index contributed by atoms with van der Waals surface area (Å²) in [6, 6.07) is 6.56. The summed E-state index contributed by atoms with van der Waals surface area (Å²) in [5.41, 5.74) is 5.33. The minimum Gasteiger partial charge on any atom is -0.372 e. The molecule has 1 aromatic rings. The predicted molar refractivity (Wildman–Crippen MR) is 59.2 cm³/mol. The standard InChI is InChI=1S/C13H16O/c1-4-10-8-11-6-5-9(2)7-12(11)13(10)14-3/h5-8,13H,4H2,1-3H3. The predicted octanol–water partition coefficient (Wildman–Crippen LogP) is 3.49. The van der Waals surface area contributed by atoms with Gasteiger partial charge in [-0.2, -0.15) is 0 Å². The Morgan fingerprint density at radius 2 is 2.14 bits per heavy atom. The number of benzene rings is 1. The number of fused-ring (bicyclic) bond motifs is 1. The number of ether oxygens (including phenoxy) is 1. The second-order valence-electron chi connectivity index (χ2n) is 3.82. The van der Waals surface area contributed by atoms with Gasteiger partial charge in [-0.15, -0.1) is 0 Å². The zero-order chi connectivity index (χ0) is 10.1. The Bertz CT molecular complexity index is 377. The van der Waals surface area contributed by atoms with E-state index in [2.05, 4.69) is 38.1 Å². The summed E-state index contributed by atoms with van der Waals surface area (Å²) in [5, 5.41) is 0. The number of hydrogen-bond donors (Lipinski definition) is 0. The van der Waals surface area contributed by atoms with Crippen molar-refractivity contribution >= 4 is 6.08 Å². The fourth-order valence-corrected chi connectivity index (χ4v) is 2.09. The van der Waals surface area contributed by atoms with Crippen molar-refractivity contribution in [2.75, 3.05) is 7.11 Å². The highest BCUT2D eigenvalue weighted by Crippen LogP contribution is 2.38. The zero-order valence-electron chi connectivity index (χ0n) is 9.00. The smallest absolute Gasteiger partial charge is 0.104 e. The minimum absolute atomic E-state index is 0.190. The van der Waals surface area contributed by atoms with Crippen LogP contribution >= 0.6 is 0 Å². The largest absolute Gasteiger partial charge is 0.372 e. The summed E-state index contributed by atoms with van der Waals surface area (Å²) in [5.74, 6) is 0. The fourth-order valence-electron chi connectivity index (χ4n) is 2.09. The molecule has 1 unspecified atom stereocenters. The van der Waals surface area contributed by atoms with Gasteiger partial charge in [-0.3, -0.25) is 0 Å². The summed E-state index contributed by atoms with van der Waals surface area (Å²) in [6.45, 7) is 4.30. The molecular formula is C13H16O. The number of hydrogen-bond acceptors (Lipinski definition) is 1. The lowest BCUT2D eigenvalue weighted by Gasteiger charge is -2.14. The highest BCUT2D eigenvalue weighted by Gasteiger charge is 2.23. The molecule has 0 N–H and O–H groups in total. The van der Waals surface area contributed by atoms with Gasteiger partial charge in [-0.1, -0.05) is 36.8 Å². The molecule has 0 spiro atoms. The first-order valence-corrected chi connectivity index (χ1v) is 5.10. The van der Waals surface area contributed by atoms with Crippen molar-refractivity contribution in [3.05, 3.63) is 40.5 Å². The molecule has 0 fully saturated rings. The van der Waals surface area contributed by atoms with Crippen molar-refractivity contribution < 1.29 is 4.74 Å². The van der Waals surface area contributed by atoms with Crippen molar-refractivity contribution in [3.8, 4) is 0 Å². The van der Waals surface area contributed by atoms with Gasteiger partial charge < -0.3 is 4.74 Å². The van der Waals surface area contributed by atoms with E-state index in [-0.39, 0.29) is 6.10 Å². The average molecular weight is 188 g/mol. The van der Waals surface area contributed by atoms with Crippen LogP contribution in [0.25, 0.3) is 6.08 Å². The molecule has 1 nitrogen and oxygen atoms in total. The molecule has 1 aliphatic rings. The highest BCUT2D eigenvalue weighted by molar-refractivity contribution is 5.66. The average Bonchev–Trinajstić information content (AvgIpc) is 2.54. The maximum absolute atomic E-state index is 5.53. The molecule has 1 heteroatoms. The van der Waals surface area contributed by atoms with Crippen molar-refractivity contribution in [2.24, 2.45) is 0 Å². The van der Waals surface area contributed by atoms with E-state index >= 15 is 0 Å². The molecule has 0 saturated heterocycles. The molecular weight excluding hydrogens is 172 g/mol. The fraction of sp³-hybridized carbons (Fsp3) is 0.385. The Morgan fingerprint density at radius 1 is 1.36 bits per heavy atom. The SMILES string of the molecule is CCC1=Cc2ccc(C)cc2C1OC. The summed E-state index contributed by atoms with van der Waals surface area (Å²) in [7, 11) is 1.78. The van der Waals surface area contributed by atoms with E-state index in [0.29, 0.717) is 0 Å². The third kappa shape index (κ3) is 1.38. The van der Waals surface area contributed by atoms with Gasteiger partial charge >= 0.3 is 0 Å². The molecule has 1 aromatic carbocycles. The van der Waals surface area contributed by atoms with E-state index in [1.807, 2.05) is 0 Å². The molecule has 0 radical (unpaired) electrons. The van der Waals surface area contributed by atoms with Gasteiger partial charge in [0.15, 0.2) is 0 Å². The number of aryl methyl sites for hydroxylation is 1. The molecule has 0 bridgehead atoms. The van der Waals surface area contributed by atoms with Crippen LogP contribution in [-0.4, -0.2) is 7.11 Å². The van der Waals surface area contributed by atoms with Crippen LogP contribution in [0.3, 0.4) is 0 Å². The zero-order valence-corrected chi connectivity index (χ0v) is 9.00. The van der Waals surface area contributed by atoms with E-state index in [9.17, 15) is 0 Å². The van der Waals surface area contributed by atoms with Crippen molar-refractivity contribution in [1.82, 2.24) is 0 Å².